The first kappa shape index (κ1) is 30.7. The Labute approximate surface area is 280 Å². The second-order valence-electron chi connectivity index (χ2n) is 12.4. The number of aliphatic hydroxyl groups is 2. The van der Waals surface area contributed by atoms with Crippen molar-refractivity contribution in [3.8, 4) is 0 Å². The summed E-state index contributed by atoms with van der Waals surface area (Å²) in [6.45, 7) is -0.423. The number of aromatic amines is 1. The lowest BCUT2D eigenvalue weighted by molar-refractivity contribution is -0.0311. The second kappa shape index (κ2) is 10.8. The Morgan fingerprint density at radius 3 is 1.98 bits per heavy atom. The Balaban J connectivity index is 1.10. The first-order chi connectivity index (χ1) is 24.5. The van der Waals surface area contributed by atoms with Crippen LogP contribution in [0.5, 0.6) is 0 Å². The number of H-pyrrole nitrogens is 1. The van der Waals surface area contributed by atoms with E-state index in [2.05, 4.69) is 51.2 Å². The lowest BCUT2D eigenvalue weighted by Gasteiger charge is -2.27. The largest absolute Gasteiger partial charge is 0.388 e. The molecule has 8 atom stereocenters. The number of nitrogen functional groups attached to an aromatic ring is 2. The number of fused-ring (bicyclic) bond motifs is 7. The first-order valence-electron chi connectivity index (χ1n) is 15.5. The van der Waals surface area contributed by atoms with Crippen LogP contribution in [0, 0.1) is 0 Å². The lowest BCUT2D eigenvalue weighted by atomic mass is 10.0. The molecule has 23 heteroatoms. The fraction of sp³-hybridized carbons (Fsp3) is 0.357. The minimum absolute atomic E-state index is 0.0120. The normalized spacial score (nSPS) is 27.9. The minimum atomic E-state index is -1.40. The number of ether oxygens (including phenoxy) is 2. The molecule has 51 heavy (non-hydrogen) atoms. The molecule has 0 saturated carbocycles. The number of imidazole rings is 2. The highest BCUT2D eigenvalue weighted by atomic mass is 16.5. The van der Waals surface area contributed by atoms with Gasteiger partial charge in [0.05, 0.1) is 18.7 Å². The molecular formula is C28H26N14O9. The van der Waals surface area contributed by atoms with E-state index in [0.717, 1.165) is 0 Å². The summed E-state index contributed by atoms with van der Waals surface area (Å²) in [6, 6.07) is -2.21. The molecule has 11 N–H and O–H groups in total. The van der Waals surface area contributed by atoms with E-state index in [1.54, 1.807) is 0 Å². The van der Waals surface area contributed by atoms with Crippen LogP contribution in [-0.4, -0.2) is 98.8 Å². The van der Waals surface area contributed by atoms with Crippen LogP contribution < -0.4 is 60.0 Å². The van der Waals surface area contributed by atoms with E-state index in [-0.39, 0.29) is 69.9 Å². The van der Waals surface area contributed by atoms with Gasteiger partial charge < -0.3 is 52.4 Å². The van der Waals surface area contributed by atoms with Crippen LogP contribution in [0.2, 0.25) is 0 Å². The summed E-state index contributed by atoms with van der Waals surface area (Å²) in [6.07, 6.45) is -3.38. The monoisotopic (exact) mass is 702 g/mol. The fourth-order valence-electron chi connectivity index (χ4n) is 6.95. The molecule has 0 amide bonds. The van der Waals surface area contributed by atoms with Crippen LogP contribution in [0.15, 0.2) is 43.0 Å². The van der Waals surface area contributed by atoms with Crippen LogP contribution in [0.1, 0.15) is 12.5 Å². The molecule has 0 spiro atoms. The maximum atomic E-state index is 12.9. The maximum absolute atomic E-state index is 12.9. The Morgan fingerprint density at radius 2 is 1.27 bits per heavy atom. The summed E-state index contributed by atoms with van der Waals surface area (Å²) in [4.78, 5) is 86.9. The molecule has 23 nitrogen and oxygen atoms in total. The van der Waals surface area contributed by atoms with Crippen molar-refractivity contribution in [2.45, 2.75) is 49.0 Å². The predicted molar refractivity (Wildman–Crippen MR) is 177 cm³/mol. The van der Waals surface area contributed by atoms with Gasteiger partial charge in [-0.15, -0.1) is 0 Å². The molecule has 9 rings (SSSR count). The van der Waals surface area contributed by atoms with E-state index >= 15 is 0 Å². The number of nitrogens with one attached hydrogen (secondary N) is 5. The average molecular weight is 703 g/mol. The van der Waals surface area contributed by atoms with Gasteiger partial charge >= 0.3 is 0 Å². The van der Waals surface area contributed by atoms with Crippen molar-refractivity contribution in [1.29, 1.82) is 0 Å². The molecule has 2 bridgehead atoms. The molecule has 3 aliphatic rings. The lowest BCUT2D eigenvalue weighted by Crippen LogP contribution is -2.48. The number of rotatable bonds is 2. The quantitative estimate of drug-likeness (QED) is 0.0769. The molecule has 2 fully saturated rings. The van der Waals surface area contributed by atoms with Gasteiger partial charge in [-0.3, -0.25) is 38.1 Å². The summed E-state index contributed by atoms with van der Waals surface area (Å²) in [5, 5.41) is 34.7. The van der Waals surface area contributed by atoms with Crippen molar-refractivity contribution in [3.05, 3.63) is 70.2 Å². The Bertz CT molecular complexity index is 2600. The third-order valence-corrected chi connectivity index (χ3v) is 9.53. The van der Waals surface area contributed by atoms with Crippen LogP contribution in [0.3, 0.4) is 0 Å². The molecule has 2 saturated heterocycles. The zero-order chi connectivity index (χ0) is 35.5. The van der Waals surface area contributed by atoms with E-state index in [9.17, 15) is 34.2 Å². The molecule has 0 radical (unpaired) electrons. The Hall–Kier alpha value is -6.30. The molecule has 8 unspecified atom stereocenters. The standard InChI is InChI=1S/C28H26N14O9/c29-22-14-23(34-3-33-22)41(4-35-14)27-21(48)8-6(50-27)1-31-10-12(20(47)18(10)45)38-13-16(43)7(2-32-9-11(37-8)19(46)17(9)44)51-26(13)42-5-36-15-24(42)39-28(30)40-25(15)49/h3-8,13,16,21,26-27,31-32,37-38,43,48H,1-2H2,(H2,29,33,34)(H3,30,39,40,49). The molecular weight excluding hydrogens is 676 g/mol. The second-order valence-corrected chi connectivity index (χ2v) is 12.4. The number of hydrogen-bond acceptors (Lipinski definition) is 20. The van der Waals surface area contributed by atoms with Crippen LogP contribution >= 0.6 is 0 Å². The first-order valence-corrected chi connectivity index (χ1v) is 15.5. The van der Waals surface area contributed by atoms with Gasteiger partial charge in [-0.2, -0.15) is 4.98 Å². The van der Waals surface area contributed by atoms with Gasteiger partial charge in [-0.05, 0) is 0 Å². The number of aromatic nitrogens is 8. The third kappa shape index (κ3) is 4.38. The number of nitrogens with two attached hydrogens (primary N) is 2. The molecule has 6 aromatic rings. The van der Waals surface area contributed by atoms with Gasteiger partial charge in [0.2, 0.25) is 5.95 Å². The van der Waals surface area contributed by atoms with E-state index in [1.165, 1.54) is 28.1 Å². The van der Waals surface area contributed by atoms with E-state index in [1.807, 2.05) is 0 Å². The van der Waals surface area contributed by atoms with E-state index < -0.39 is 76.2 Å². The Morgan fingerprint density at radius 1 is 0.686 bits per heavy atom. The summed E-state index contributed by atoms with van der Waals surface area (Å²) in [5.41, 5.74) is 7.48. The fourth-order valence-corrected chi connectivity index (χ4v) is 6.95. The summed E-state index contributed by atoms with van der Waals surface area (Å²) in [7, 11) is 0. The van der Waals surface area contributed by atoms with Crippen molar-refractivity contribution < 1.29 is 19.7 Å². The number of aliphatic hydroxyl groups excluding tert-OH is 2. The molecule has 7 heterocycles. The minimum Gasteiger partial charge on any atom is -0.388 e. The van der Waals surface area contributed by atoms with Crippen LogP contribution in [0.25, 0.3) is 22.3 Å². The Kier molecular flexibility index (Phi) is 6.54. The van der Waals surface area contributed by atoms with Gasteiger partial charge in [-0.1, -0.05) is 0 Å². The van der Waals surface area contributed by atoms with Crippen molar-refractivity contribution >= 4 is 56.8 Å². The van der Waals surface area contributed by atoms with Crippen molar-refractivity contribution in [2.75, 3.05) is 45.8 Å². The van der Waals surface area contributed by atoms with Gasteiger partial charge in [0.25, 0.3) is 27.3 Å². The number of anilines is 6. The molecule has 2 aromatic carbocycles. The topological polar surface area (TPSA) is 335 Å². The van der Waals surface area contributed by atoms with Gasteiger partial charge in [0.15, 0.2) is 35.1 Å². The summed E-state index contributed by atoms with van der Waals surface area (Å²) < 4.78 is 15.2. The summed E-state index contributed by atoms with van der Waals surface area (Å²) in [5.74, 6) is -0.113. The maximum Gasteiger partial charge on any atom is 0.280 e. The number of nitrogens with zero attached hydrogens (tertiary/aromatic N) is 7. The highest BCUT2D eigenvalue weighted by Crippen LogP contribution is 2.37. The third-order valence-electron chi connectivity index (χ3n) is 9.53. The predicted octanol–water partition coefficient (Wildman–Crippen LogP) is -4.37. The van der Waals surface area contributed by atoms with E-state index in [0.29, 0.717) is 0 Å². The van der Waals surface area contributed by atoms with Crippen molar-refractivity contribution in [3.63, 3.8) is 0 Å². The van der Waals surface area contributed by atoms with E-state index in [4.69, 9.17) is 20.9 Å². The zero-order valence-electron chi connectivity index (χ0n) is 25.8. The van der Waals surface area contributed by atoms with Crippen LogP contribution in [0.4, 0.5) is 34.5 Å². The SMILES string of the molecule is Nc1nc2c(ncn2C2OC3CNc4c(c(=O)c4=O)NC4C(CNc5c(c(=O)c5=O)NC2C3O)OC(n2cnc3c(N)ncnc32)C4O)c(=O)[nH]1. The molecule has 3 aliphatic heterocycles. The summed E-state index contributed by atoms with van der Waals surface area (Å²) >= 11 is 0. The van der Waals surface area contributed by atoms with Gasteiger partial charge in [0.1, 0.15) is 65.1 Å². The average Bonchev–Trinajstić information content (AvgIpc) is 3.88. The number of hydrogen-bond donors (Lipinski definition) is 9. The van der Waals surface area contributed by atoms with Gasteiger partial charge in [-0.25, -0.2) is 19.9 Å². The van der Waals surface area contributed by atoms with Crippen molar-refractivity contribution in [1.82, 2.24) is 39.0 Å². The smallest absolute Gasteiger partial charge is 0.280 e. The van der Waals surface area contributed by atoms with Gasteiger partial charge in [0, 0.05) is 13.1 Å². The molecule has 0 aliphatic carbocycles. The highest BCUT2D eigenvalue weighted by molar-refractivity contribution is 5.81. The van der Waals surface area contributed by atoms with Crippen molar-refractivity contribution in [2.24, 2.45) is 0 Å². The molecule has 262 valence electrons. The van der Waals surface area contributed by atoms with Crippen LogP contribution in [-0.2, 0) is 9.47 Å². The highest BCUT2D eigenvalue weighted by Gasteiger charge is 2.49. The zero-order valence-corrected chi connectivity index (χ0v) is 25.8. The molecule has 4 aromatic heterocycles.